The van der Waals surface area contributed by atoms with Gasteiger partial charge >= 0.3 is 5.97 Å². The summed E-state index contributed by atoms with van der Waals surface area (Å²) in [4.78, 5) is 30.3. The second-order valence-corrected chi connectivity index (χ2v) is 8.03. The summed E-state index contributed by atoms with van der Waals surface area (Å²) in [5.41, 5.74) is 1.87. The summed E-state index contributed by atoms with van der Waals surface area (Å²) in [6.07, 6.45) is 1.63. The number of hydrogen-bond acceptors (Lipinski definition) is 5. The molecule has 2 fully saturated rings. The van der Waals surface area contributed by atoms with Gasteiger partial charge in [0.15, 0.2) is 0 Å². The minimum atomic E-state index is -0.800. The molecule has 0 radical (unpaired) electrons. The molecule has 1 heterocycles. The van der Waals surface area contributed by atoms with Crippen molar-refractivity contribution < 1.29 is 14.7 Å². The summed E-state index contributed by atoms with van der Waals surface area (Å²) >= 11 is 0. The number of carboxylic acid groups (broad SMARTS) is 1. The highest BCUT2D eigenvalue weighted by Crippen LogP contribution is 2.26. The first-order valence-corrected chi connectivity index (χ1v) is 10.2. The molecule has 7 heteroatoms. The second-order valence-electron chi connectivity index (χ2n) is 8.03. The van der Waals surface area contributed by atoms with Gasteiger partial charge in [-0.05, 0) is 44.1 Å². The lowest BCUT2D eigenvalue weighted by molar-refractivity contribution is -0.139. The standard InChI is InChI=1S/C21H32N4O3/c1-3-25(15-20(26)27)19-12-18(13-19)22-21(28)17-6-4-5-16(11-17)14-24-9-7-23(2)8-10-24/h4-6,11,18-19H,3,7-10,12-15H2,1-2H3,(H,22,28)(H,26,27). The van der Waals surface area contributed by atoms with Crippen molar-refractivity contribution in [3.8, 4) is 0 Å². The highest BCUT2D eigenvalue weighted by atomic mass is 16.4. The summed E-state index contributed by atoms with van der Waals surface area (Å²) in [6.45, 7) is 7.91. The Morgan fingerprint density at radius 1 is 1.21 bits per heavy atom. The van der Waals surface area contributed by atoms with E-state index in [4.69, 9.17) is 5.11 Å². The molecule has 154 valence electrons. The summed E-state index contributed by atoms with van der Waals surface area (Å²) in [5, 5.41) is 12.1. The first-order chi connectivity index (χ1) is 13.4. The molecule has 0 spiro atoms. The number of hydrogen-bond donors (Lipinski definition) is 2. The fourth-order valence-corrected chi connectivity index (χ4v) is 4.02. The minimum Gasteiger partial charge on any atom is -0.480 e. The van der Waals surface area contributed by atoms with Crippen LogP contribution < -0.4 is 5.32 Å². The Hall–Kier alpha value is -1.96. The largest absolute Gasteiger partial charge is 0.480 e. The first kappa shape index (κ1) is 20.8. The maximum Gasteiger partial charge on any atom is 0.317 e. The lowest BCUT2D eigenvalue weighted by Crippen LogP contribution is -2.54. The van der Waals surface area contributed by atoms with E-state index in [2.05, 4.69) is 28.2 Å². The topological polar surface area (TPSA) is 76.1 Å². The molecular formula is C21H32N4O3. The quantitative estimate of drug-likeness (QED) is 0.695. The highest BCUT2D eigenvalue weighted by molar-refractivity contribution is 5.94. The maximum absolute atomic E-state index is 12.6. The fraction of sp³-hybridized carbons (Fsp3) is 0.619. The second kappa shape index (κ2) is 9.49. The molecule has 0 bridgehead atoms. The van der Waals surface area contributed by atoms with Gasteiger partial charge in [-0.1, -0.05) is 19.1 Å². The zero-order valence-electron chi connectivity index (χ0n) is 16.9. The van der Waals surface area contributed by atoms with Gasteiger partial charge in [0, 0.05) is 50.4 Å². The van der Waals surface area contributed by atoms with E-state index in [9.17, 15) is 9.59 Å². The van der Waals surface area contributed by atoms with Crippen LogP contribution >= 0.6 is 0 Å². The molecule has 1 aromatic carbocycles. The molecule has 3 rings (SSSR count). The number of nitrogens with zero attached hydrogens (tertiary/aromatic N) is 3. The van der Waals surface area contributed by atoms with Crippen molar-refractivity contribution in [3.05, 3.63) is 35.4 Å². The normalized spacial score (nSPS) is 23.4. The number of likely N-dealkylation sites (N-methyl/N-ethyl adjacent to an activating group) is 2. The van der Waals surface area contributed by atoms with E-state index in [1.54, 1.807) is 0 Å². The SMILES string of the molecule is CCN(CC(=O)O)C1CC(NC(=O)c2cccc(CN3CCN(C)CC3)c2)C1. The van der Waals surface area contributed by atoms with Gasteiger partial charge in [0.05, 0.1) is 6.54 Å². The molecule has 1 amide bonds. The molecule has 7 nitrogen and oxygen atoms in total. The number of carbonyl (C=O) groups is 2. The van der Waals surface area contributed by atoms with Crippen molar-refractivity contribution in [3.63, 3.8) is 0 Å². The zero-order chi connectivity index (χ0) is 20.1. The lowest BCUT2D eigenvalue weighted by Gasteiger charge is -2.42. The number of piperazine rings is 1. The molecule has 28 heavy (non-hydrogen) atoms. The van der Waals surface area contributed by atoms with Crippen LogP contribution in [0.3, 0.4) is 0 Å². The predicted octanol–water partition coefficient (Wildman–Crippen LogP) is 1.10. The summed E-state index contributed by atoms with van der Waals surface area (Å²) < 4.78 is 0. The van der Waals surface area contributed by atoms with Gasteiger partial charge < -0.3 is 15.3 Å². The molecule has 2 aliphatic rings. The number of aliphatic carboxylic acids is 1. The molecule has 1 saturated carbocycles. The van der Waals surface area contributed by atoms with Crippen LogP contribution in [-0.4, -0.2) is 90.1 Å². The van der Waals surface area contributed by atoms with E-state index in [0.29, 0.717) is 12.1 Å². The Morgan fingerprint density at radius 2 is 1.93 bits per heavy atom. The number of carbonyl (C=O) groups excluding carboxylic acids is 1. The maximum atomic E-state index is 12.6. The summed E-state index contributed by atoms with van der Waals surface area (Å²) in [6, 6.07) is 8.26. The molecule has 0 atom stereocenters. The number of nitrogens with one attached hydrogen (secondary N) is 1. The Balaban J connectivity index is 1.48. The van der Waals surface area contributed by atoms with Gasteiger partial charge in [0.25, 0.3) is 5.91 Å². The van der Waals surface area contributed by atoms with Gasteiger partial charge in [0.1, 0.15) is 0 Å². The average Bonchev–Trinajstić information content (AvgIpc) is 2.64. The van der Waals surface area contributed by atoms with Crippen LogP contribution in [0.25, 0.3) is 0 Å². The molecule has 1 saturated heterocycles. The monoisotopic (exact) mass is 388 g/mol. The van der Waals surface area contributed by atoms with E-state index < -0.39 is 5.97 Å². The van der Waals surface area contributed by atoms with Crippen LogP contribution in [0.5, 0.6) is 0 Å². The lowest BCUT2D eigenvalue weighted by atomic mass is 9.85. The molecule has 1 aliphatic heterocycles. The van der Waals surface area contributed by atoms with Crippen molar-refractivity contribution in [1.29, 1.82) is 0 Å². The number of amides is 1. The van der Waals surface area contributed by atoms with Crippen molar-refractivity contribution in [2.45, 2.75) is 38.4 Å². The van der Waals surface area contributed by atoms with Gasteiger partial charge in [-0.25, -0.2) is 0 Å². The third-order valence-corrected chi connectivity index (χ3v) is 5.90. The van der Waals surface area contributed by atoms with Crippen LogP contribution in [0.1, 0.15) is 35.7 Å². The van der Waals surface area contributed by atoms with Crippen molar-refractivity contribution >= 4 is 11.9 Å². The average molecular weight is 389 g/mol. The van der Waals surface area contributed by atoms with Crippen LogP contribution in [0.15, 0.2) is 24.3 Å². The minimum absolute atomic E-state index is 0.0371. The van der Waals surface area contributed by atoms with E-state index in [0.717, 1.165) is 45.6 Å². The Morgan fingerprint density at radius 3 is 2.57 bits per heavy atom. The van der Waals surface area contributed by atoms with E-state index in [1.807, 2.05) is 30.0 Å². The summed E-state index contributed by atoms with van der Waals surface area (Å²) in [7, 11) is 2.15. The summed E-state index contributed by atoms with van der Waals surface area (Å²) in [5.74, 6) is -0.837. The van der Waals surface area contributed by atoms with Gasteiger partial charge in [0.2, 0.25) is 0 Å². The molecule has 1 aromatic rings. The van der Waals surface area contributed by atoms with E-state index >= 15 is 0 Å². The van der Waals surface area contributed by atoms with Crippen molar-refractivity contribution in [1.82, 2.24) is 20.0 Å². The highest BCUT2D eigenvalue weighted by Gasteiger charge is 2.34. The van der Waals surface area contributed by atoms with Crippen molar-refractivity contribution in [2.75, 3.05) is 46.3 Å². The molecule has 1 aliphatic carbocycles. The molecular weight excluding hydrogens is 356 g/mol. The fourth-order valence-electron chi connectivity index (χ4n) is 4.02. The number of carboxylic acids is 1. The number of rotatable bonds is 8. The van der Waals surface area contributed by atoms with Crippen LogP contribution in [-0.2, 0) is 11.3 Å². The zero-order valence-corrected chi connectivity index (χ0v) is 16.9. The Bertz CT molecular complexity index is 682. The van der Waals surface area contributed by atoms with Gasteiger partial charge in [-0.2, -0.15) is 0 Å². The third-order valence-electron chi connectivity index (χ3n) is 5.90. The smallest absolute Gasteiger partial charge is 0.317 e. The first-order valence-electron chi connectivity index (χ1n) is 10.2. The Labute approximate surface area is 167 Å². The molecule has 0 aromatic heterocycles. The van der Waals surface area contributed by atoms with E-state index in [-0.39, 0.29) is 24.5 Å². The third kappa shape index (κ3) is 5.53. The molecule has 0 unspecified atom stereocenters. The van der Waals surface area contributed by atoms with Crippen LogP contribution in [0.4, 0.5) is 0 Å². The number of benzene rings is 1. The molecule has 2 N–H and O–H groups in total. The van der Waals surface area contributed by atoms with Crippen LogP contribution in [0, 0.1) is 0 Å². The van der Waals surface area contributed by atoms with E-state index in [1.165, 1.54) is 5.56 Å². The van der Waals surface area contributed by atoms with Crippen LogP contribution in [0.2, 0.25) is 0 Å². The Kier molecular flexibility index (Phi) is 7.04. The van der Waals surface area contributed by atoms with Gasteiger partial charge in [-0.15, -0.1) is 0 Å². The predicted molar refractivity (Wildman–Crippen MR) is 108 cm³/mol. The van der Waals surface area contributed by atoms with Crippen molar-refractivity contribution in [2.24, 2.45) is 0 Å². The van der Waals surface area contributed by atoms with Gasteiger partial charge in [-0.3, -0.25) is 19.4 Å².